The summed E-state index contributed by atoms with van der Waals surface area (Å²) >= 11 is 0. The zero-order valence-corrected chi connectivity index (χ0v) is 9.87. The molecule has 0 bridgehead atoms. The van der Waals surface area contributed by atoms with E-state index in [1.54, 1.807) is 12.1 Å². The molecule has 1 aromatic heterocycles. The molecule has 1 aromatic carbocycles. The molecule has 0 saturated carbocycles. The van der Waals surface area contributed by atoms with E-state index in [0.29, 0.717) is 5.76 Å². The molecule has 0 radical (unpaired) electrons. The van der Waals surface area contributed by atoms with E-state index >= 15 is 0 Å². The van der Waals surface area contributed by atoms with Crippen molar-refractivity contribution in [1.82, 2.24) is 5.32 Å². The van der Waals surface area contributed by atoms with Gasteiger partial charge in [-0.05, 0) is 29.8 Å². The van der Waals surface area contributed by atoms with Crippen LogP contribution in [0.25, 0.3) is 0 Å². The van der Waals surface area contributed by atoms with E-state index in [0.717, 1.165) is 12.1 Å². The molecule has 102 valence electrons. The number of hydrogen-bond acceptors (Lipinski definition) is 3. The molecule has 0 aliphatic carbocycles. The Labute approximate surface area is 107 Å². The second-order valence-corrected chi connectivity index (χ2v) is 4.04. The maximum Gasteiger partial charge on any atom is 0.194 e. The molecule has 6 heteroatoms. The summed E-state index contributed by atoms with van der Waals surface area (Å²) in [4.78, 5) is 0. The van der Waals surface area contributed by atoms with E-state index in [2.05, 4.69) is 5.32 Å². The number of benzene rings is 1. The minimum Gasteiger partial charge on any atom is -0.467 e. The Morgan fingerprint density at radius 3 is 2.47 bits per heavy atom. The summed E-state index contributed by atoms with van der Waals surface area (Å²) in [5.74, 6) is -3.56. The molecule has 3 nitrogen and oxygen atoms in total. The lowest BCUT2D eigenvalue weighted by Gasteiger charge is -2.10. The van der Waals surface area contributed by atoms with Crippen LogP contribution in [0.5, 0.6) is 0 Å². The van der Waals surface area contributed by atoms with E-state index < -0.39 is 23.6 Å². The summed E-state index contributed by atoms with van der Waals surface area (Å²) in [6.07, 6.45) is 0.577. The maximum absolute atomic E-state index is 12.9. The van der Waals surface area contributed by atoms with Gasteiger partial charge in [-0.1, -0.05) is 0 Å². The molecule has 0 aliphatic heterocycles. The molecular formula is C13H12F3NO2. The first kappa shape index (κ1) is 13.6. The predicted octanol–water partition coefficient (Wildman–Crippen LogP) is 2.52. The van der Waals surface area contributed by atoms with Crippen LogP contribution in [0, 0.1) is 17.5 Å². The molecule has 1 unspecified atom stereocenters. The van der Waals surface area contributed by atoms with Crippen molar-refractivity contribution < 1.29 is 22.7 Å². The van der Waals surface area contributed by atoms with Crippen molar-refractivity contribution in [3.05, 3.63) is 59.3 Å². The largest absolute Gasteiger partial charge is 0.467 e. The van der Waals surface area contributed by atoms with Crippen LogP contribution in [0.4, 0.5) is 13.2 Å². The maximum atomic E-state index is 12.9. The van der Waals surface area contributed by atoms with Gasteiger partial charge in [0.2, 0.25) is 0 Å². The molecule has 0 saturated heterocycles. The Kier molecular flexibility index (Phi) is 4.24. The van der Waals surface area contributed by atoms with Crippen LogP contribution >= 0.6 is 0 Å². The number of hydrogen-bond donors (Lipinski definition) is 2. The highest BCUT2D eigenvalue weighted by Crippen LogP contribution is 2.14. The highest BCUT2D eigenvalue weighted by Gasteiger charge is 2.12. The SMILES string of the molecule is OC(CNCc1cc(F)c(F)c(F)c1)c1ccco1. The number of furan rings is 1. The van der Waals surface area contributed by atoms with Crippen molar-refractivity contribution in [2.24, 2.45) is 0 Å². The normalized spacial score (nSPS) is 12.6. The van der Waals surface area contributed by atoms with Crippen molar-refractivity contribution in [3.63, 3.8) is 0 Å². The monoisotopic (exact) mass is 271 g/mol. The number of aliphatic hydroxyl groups excluding tert-OH is 1. The van der Waals surface area contributed by atoms with Crippen molar-refractivity contribution in [2.45, 2.75) is 12.6 Å². The van der Waals surface area contributed by atoms with Gasteiger partial charge in [0.05, 0.1) is 6.26 Å². The molecule has 0 amide bonds. The first-order valence-corrected chi connectivity index (χ1v) is 5.63. The van der Waals surface area contributed by atoms with Crippen molar-refractivity contribution >= 4 is 0 Å². The van der Waals surface area contributed by atoms with E-state index in [9.17, 15) is 18.3 Å². The topological polar surface area (TPSA) is 45.4 Å². The molecule has 0 fully saturated rings. The van der Waals surface area contributed by atoms with Gasteiger partial charge in [0, 0.05) is 13.1 Å². The van der Waals surface area contributed by atoms with Gasteiger partial charge in [0.1, 0.15) is 11.9 Å². The van der Waals surface area contributed by atoms with E-state index in [-0.39, 0.29) is 18.7 Å². The summed E-state index contributed by atoms with van der Waals surface area (Å²) in [7, 11) is 0. The Bertz CT molecular complexity index is 520. The van der Waals surface area contributed by atoms with Gasteiger partial charge in [0.15, 0.2) is 17.5 Å². The van der Waals surface area contributed by atoms with Crippen LogP contribution in [-0.4, -0.2) is 11.7 Å². The lowest BCUT2D eigenvalue weighted by atomic mass is 10.2. The third kappa shape index (κ3) is 3.36. The number of rotatable bonds is 5. The third-order valence-corrected chi connectivity index (χ3v) is 2.58. The average molecular weight is 271 g/mol. The minimum absolute atomic E-state index is 0.103. The lowest BCUT2D eigenvalue weighted by Crippen LogP contribution is -2.21. The van der Waals surface area contributed by atoms with E-state index in [1.807, 2.05) is 0 Å². The molecule has 19 heavy (non-hydrogen) atoms. The van der Waals surface area contributed by atoms with Gasteiger partial charge in [0.25, 0.3) is 0 Å². The quantitative estimate of drug-likeness (QED) is 0.821. The van der Waals surface area contributed by atoms with Gasteiger partial charge in [-0.2, -0.15) is 0 Å². The number of aliphatic hydroxyl groups is 1. The smallest absolute Gasteiger partial charge is 0.194 e. The van der Waals surface area contributed by atoms with Crippen LogP contribution < -0.4 is 5.32 Å². The third-order valence-electron chi connectivity index (χ3n) is 2.58. The summed E-state index contributed by atoms with van der Waals surface area (Å²) in [6.45, 7) is 0.250. The van der Waals surface area contributed by atoms with Gasteiger partial charge in [-0.3, -0.25) is 0 Å². The standard InChI is InChI=1S/C13H12F3NO2/c14-9-4-8(5-10(15)13(9)16)6-17-7-11(18)12-2-1-3-19-12/h1-5,11,17-18H,6-7H2. The summed E-state index contributed by atoms with van der Waals surface area (Å²) in [6, 6.07) is 5.07. The lowest BCUT2D eigenvalue weighted by molar-refractivity contribution is 0.147. The molecule has 2 N–H and O–H groups in total. The zero-order valence-electron chi connectivity index (χ0n) is 9.87. The first-order valence-electron chi connectivity index (χ1n) is 5.63. The fourth-order valence-electron chi connectivity index (χ4n) is 1.64. The average Bonchev–Trinajstić information content (AvgIpc) is 2.89. The summed E-state index contributed by atoms with van der Waals surface area (Å²) < 4.78 is 43.6. The van der Waals surface area contributed by atoms with Gasteiger partial charge >= 0.3 is 0 Å². The van der Waals surface area contributed by atoms with Crippen molar-refractivity contribution in [2.75, 3.05) is 6.54 Å². The highest BCUT2D eigenvalue weighted by molar-refractivity contribution is 5.19. The Balaban J connectivity index is 1.89. The fraction of sp³-hybridized carbons (Fsp3) is 0.231. The van der Waals surface area contributed by atoms with Crippen LogP contribution in [-0.2, 0) is 6.54 Å². The summed E-state index contributed by atoms with van der Waals surface area (Å²) in [5.41, 5.74) is 0.253. The molecule has 2 aromatic rings. The first-order chi connectivity index (χ1) is 9.08. The minimum atomic E-state index is -1.49. The molecular weight excluding hydrogens is 259 g/mol. The molecule has 1 atom stereocenters. The van der Waals surface area contributed by atoms with Crippen molar-refractivity contribution in [3.8, 4) is 0 Å². The second kappa shape index (κ2) is 5.90. The Morgan fingerprint density at radius 1 is 1.21 bits per heavy atom. The number of nitrogens with one attached hydrogen (secondary N) is 1. The van der Waals surface area contributed by atoms with Crippen LogP contribution in [0.15, 0.2) is 34.9 Å². The predicted molar refractivity (Wildman–Crippen MR) is 61.7 cm³/mol. The molecule has 2 rings (SSSR count). The van der Waals surface area contributed by atoms with E-state index in [1.165, 1.54) is 6.26 Å². The highest BCUT2D eigenvalue weighted by atomic mass is 19.2. The Morgan fingerprint density at radius 2 is 1.89 bits per heavy atom. The van der Waals surface area contributed by atoms with Gasteiger partial charge in [-0.25, -0.2) is 13.2 Å². The van der Waals surface area contributed by atoms with Crippen LogP contribution in [0.3, 0.4) is 0 Å². The molecule has 0 spiro atoms. The van der Waals surface area contributed by atoms with E-state index in [4.69, 9.17) is 4.42 Å². The van der Waals surface area contributed by atoms with Gasteiger partial charge < -0.3 is 14.8 Å². The fourth-order valence-corrected chi connectivity index (χ4v) is 1.64. The van der Waals surface area contributed by atoms with Gasteiger partial charge in [-0.15, -0.1) is 0 Å². The molecule has 0 aliphatic rings. The van der Waals surface area contributed by atoms with Crippen LogP contribution in [0.2, 0.25) is 0 Å². The van der Waals surface area contributed by atoms with Crippen molar-refractivity contribution in [1.29, 1.82) is 0 Å². The second-order valence-electron chi connectivity index (χ2n) is 4.04. The molecule has 1 heterocycles. The number of halogens is 3. The summed E-state index contributed by atoms with van der Waals surface area (Å²) in [5, 5.41) is 12.5. The zero-order chi connectivity index (χ0) is 13.8. The van der Waals surface area contributed by atoms with Crippen LogP contribution in [0.1, 0.15) is 17.4 Å². The Hall–Kier alpha value is -1.79.